The Labute approximate surface area is 326 Å². The highest BCUT2D eigenvalue weighted by molar-refractivity contribution is 6.31. The third-order valence-corrected chi connectivity index (χ3v) is 10.3. The van der Waals surface area contributed by atoms with Crippen LogP contribution in [0.5, 0.6) is 0 Å². The molecule has 1 aliphatic rings. The maximum absolute atomic E-state index is 14.0. The van der Waals surface area contributed by atoms with Crippen LogP contribution in [0.4, 0.5) is 11.6 Å². The van der Waals surface area contributed by atoms with Crippen LogP contribution in [-0.4, -0.2) is 181 Å². The second kappa shape index (κ2) is 19.5. The minimum absolute atomic E-state index is 0.0499. The SMILES string of the molecule is CCn1c(CNC(=O)c2nc(Cl)c(N)nc2N)[n+](CC)c2ccc(C(=O)N3CC[C@@H](N(CC(O)C(O)C(O)C(O)CO)CC(O)C(O)C(O)C(O)CO)C3)cc21. The molecule has 2 amide bonds. The molecule has 21 nitrogen and oxygen atoms in total. The van der Waals surface area contributed by atoms with E-state index in [9.17, 15) is 60.7 Å². The van der Waals surface area contributed by atoms with Gasteiger partial charge in [-0.3, -0.25) is 14.5 Å². The van der Waals surface area contributed by atoms with Gasteiger partial charge in [0.2, 0.25) is 0 Å². The third-order valence-electron chi connectivity index (χ3n) is 10.0. The van der Waals surface area contributed by atoms with Gasteiger partial charge in [-0.25, -0.2) is 19.1 Å². The van der Waals surface area contributed by atoms with E-state index in [4.69, 9.17) is 23.1 Å². The number of rotatable bonds is 19. The lowest BCUT2D eigenvalue weighted by atomic mass is 10.00. The maximum Gasteiger partial charge on any atom is 0.277 e. The number of nitrogens with one attached hydrogen (secondary N) is 1. The van der Waals surface area contributed by atoms with Crippen LogP contribution in [0.2, 0.25) is 5.15 Å². The molecule has 8 unspecified atom stereocenters. The number of aromatic nitrogens is 4. The van der Waals surface area contributed by atoms with Crippen molar-refractivity contribution in [2.24, 2.45) is 0 Å². The topological polar surface area (TPSA) is 342 Å². The van der Waals surface area contributed by atoms with Gasteiger partial charge in [-0.15, -0.1) is 0 Å². The van der Waals surface area contributed by atoms with Gasteiger partial charge in [0.25, 0.3) is 17.6 Å². The molecule has 0 radical (unpaired) electrons. The summed E-state index contributed by atoms with van der Waals surface area (Å²) in [7, 11) is 0. The summed E-state index contributed by atoms with van der Waals surface area (Å²) in [5.41, 5.74) is 13.1. The first-order chi connectivity index (χ1) is 26.5. The van der Waals surface area contributed by atoms with Gasteiger partial charge in [-0.2, -0.15) is 0 Å². The smallest absolute Gasteiger partial charge is 0.277 e. The van der Waals surface area contributed by atoms with Crippen molar-refractivity contribution >= 4 is 46.1 Å². The van der Waals surface area contributed by atoms with Gasteiger partial charge < -0.3 is 72.7 Å². The van der Waals surface area contributed by atoms with E-state index in [2.05, 4.69) is 15.3 Å². The number of nitrogens with two attached hydrogens (primary N) is 2. The second-order valence-electron chi connectivity index (χ2n) is 13.7. The van der Waals surface area contributed by atoms with E-state index >= 15 is 0 Å². The molecule has 9 atom stereocenters. The van der Waals surface area contributed by atoms with Crippen molar-refractivity contribution in [1.82, 2.24) is 29.7 Å². The third kappa shape index (κ3) is 9.81. The molecule has 0 saturated carbocycles. The Morgan fingerprint density at radius 1 is 0.911 bits per heavy atom. The monoisotopic (exact) mass is 814 g/mol. The fourth-order valence-electron chi connectivity index (χ4n) is 6.88. The quantitative estimate of drug-likeness (QED) is 0.0503. The van der Waals surface area contributed by atoms with E-state index in [1.54, 1.807) is 18.2 Å². The molecule has 1 aliphatic heterocycles. The zero-order valence-electron chi connectivity index (χ0n) is 31.0. The number of fused-ring (bicyclic) bond motifs is 1. The minimum atomic E-state index is -1.95. The highest BCUT2D eigenvalue weighted by atomic mass is 35.5. The summed E-state index contributed by atoms with van der Waals surface area (Å²) in [6.45, 7) is 2.44. The normalized spacial score (nSPS) is 19.1. The summed E-state index contributed by atoms with van der Waals surface area (Å²) in [4.78, 5) is 37.8. The Morgan fingerprint density at radius 3 is 2.02 bits per heavy atom. The molecular formula is C34H53ClN9O12+. The predicted molar refractivity (Wildman–Crippen MR) is 199 cm³/mol. The Bertz CT molecular complexity index is 1790. The van der Waals surface area contributed by atoms with Gasteiger partial charge in [0.05, 0.1) is 38.5 Å². The van der Waals surface area contributed by atoms with Gasteiger partial charge >= 0.3 is 0 Å². The van der Waals surface area contributed by atoms with E-state index in [-0.39, 0.29) is 48.0 Å². The van der Waals surface area contributed by atoms with Crippen LogP contribution in [0, 0.1) is 0 Å². The minimum Gasteiger partial charge on any atom is -0.394 e. The van der Waals surface area contributed by atoms with E-state index in [1.807, 2.05) is 23.0 Å². The zero-order chi connectivity index (χ0) is 41.6. The summed E-state index contributed by atoms with van der Waals surface area (Å²) in [5, 5.41) is 104. The Balaban J connectivity index is 1.56. The predicted octanol–water partition coefficient (Wildman–Crippen LogP) is -5.11. The molecule has 0 bridgehead atoms. The van der Waals surface area contributed by atoms with Crippen molar-refractivity contribution in [1.29, 1.82) is 0 Å². The Kier molecular flexibility index (Phi) is 15.7. The lowest BCUT2D eigenvalue weighted by Gasteiger charge is -2.36. The molecule has 3 heterocycles. The summed E-state index contributed by atoms with van der Waals surface area (Å²) in [6, 6.07) is 4.59. The average molecular weight is 815 g/mol. The summed E-state index contributed by atoms with van der Waals surface area (Å²) >= 11 is 5.96. The number of nitrogen functional groups attached to an aromatic ring is 2. The summed E-state index contributed by atoms with van der Waals surface area (Å²) in [6.07, 6.45) is -14.5. The van der Waals surface area contributed by atoms with Crippen molar-refractivity contribution in [2.75, 3.05) is 50.9 Å². The van der Waals surface area contributed by atoms with Crippen molar-refractivity contribution in [3.05, 3.63) is 40.4 Å². The van der Waals surface area contributed by atoms with Gasteiger partial charge in [0, 0.05) is 43.9 Å². The molecule has 1 fully saturated rings. The number of imidazole rings is 1. The number of carbonyl (C=O) groups is 2. The zero-order valence-corrected chi connectivity index (χ0v) is 31.8. The number of amides is 2. The Morgan fingerprint density at radius 2 is 1.48 bits per heavy atom. The molecule has 2 aromatic heterocycles. The van der Waals surface area contributed by atoms with Crippen LogP contribution in [0.3, 0.4) is 0 Å². The highest BCUT2D eigenvalue weighted by Crippen LogP contribution is 2.24. The number of halogens is 1. The van der Waals surface area contributed by atoms with E-state index in [0.29, 0.717) is 36.4 Å². The van der Waals surface area contributed by atoms with Crippen LogP contribution in [-0.2, 0) is 19.6 Å². The van der Waals surface area contributed by atoms with Crippen LogP contribution in [0.15, 0.2) is 18.2 Å². The molecule has 1 saturated heterocycles. The molecular weight excluding hydrogens is 762 g/mol. The number of nitrogens with zero attached hydrogens (tertiary/aromatic N) is 6. The lowest BCUT2D eigenvalue weighted by Crippen LogP contribution is -2.55. The molecule has 1 aromatic carbocycles. The number of hydrogen-bond donors (Lipinski definition) is 13. The fraction of sp³-hybridized carbons (Fsp3) is 0.618. The second-order valence-corrected chi connectivity index (χ2v) is 14.0. The van der Waals surface area contributed by atoms with Crippen LogP contribution >= 0.6 is 11.6 Å². The molecule has 4 rings (SSSR count). The van der Waals surface area contributed by atoms with Gasteiger partial charge in [0.15, 0.2) is 33.5 Å². The highest BCUT2D eigenvalue weighted by Gasteiger charge is 2.39. The van der Waals surface area contributed by atoms with Crippen LogP contribution < -0.4 is 21.4 Å². The largest absolute Gasteiger partial charge is 0.394 e. The van der Waals surface area contributed by atoms with E-state index in [1.165, 1.54) is 9.80 Å². The molecule has 15 N–H and O–H groups in total. The molecule has 22 heteroatoms. The van der Waals surface area contributed by atoms with Gasteiger partial charge in [0.1, 0.15) is 43.2 Å². The number of carbonyl (C=O) groups excluding carboxylic acids is 2. The summed E-state index contributed by atoms with van der Waals surface area (Å²) in [5.74, 6) is -0.560. The first kappa shape index (κ1) is 44.9. The number of aliphatic hydroxyl groups is 10. The first-order valence-electron chi connectivity index (χ1n) is 18.1. The Hall–Kier alpha value is -3.84. The van der Waals surface area contributed by atoms with Gasteiger partial charge in [-0.1, -0.05) is 11.6 Å². The molecule has 312 valence electrons. The number of aliphatic hydroxyl groups excluding tert-OH is 10. The fourth-order valence-corrected chi connectivity index (χ4v) is 7.00. The van der Waals surface area contributed by atoms with E-state index in [0.717, 1.165) is 5.52 Å². The average Bonchev–Trinajstić information content (AvgIpc) is 3.81. The van der Waals surface area contributed by atoms with E-state index < -0.39 is 87.1 Å². The number of anilines is 2. The molecule has 0 aliphatic carbocycles. The van der Waals surface area contributed by atoms with Crippen LogP contribution in [0.25, 0.3) is 11.0 Å². The molecule has 56 heavy (non-hydrogen) atoms. The molecule has 3 aromatic rings. The van der Waals surface area contributed by atoms with Crippen molar-refractivity contribution in [2.45, 2.75) is 94.8 Å². The summed E-state index contributed by atoms with van der Waals surface area (Å²) < 4.78 is 3.92. The van der Waals surface area contributed by atoms with Crippen LogP contribution in [0.1, 0.15) is 46.9 Å². The number of benzene rings is 1. The van der Waals surface area contributed by atoms with Crippen molar-refractivity contribution < 1.29 is 65.2 Å². The lowest BCUT2D eigenvalue weighted by molar-refractivity contribution is -0.676. The van der Waals surface area contributed by atoms with Crippen molar-refractivity contribution in [3.8, 4) is 0 Å². The number of aryl methyl sites for hydroxylation is 2. The van der Waals surface area contributed by atoms with Gasteiger partial charge in [-0.05, 0) is 32.4 Å². The number of hydrogen-bond acceptors (Lipinski definition) is 17. The maximum atomic E-state index is 14.0. The standard InChI is InChI=1S/C34H52ClN9O12/c1-3-43-18-6-5-16(9-19(18)44(4-2)24(43)10-38-33(55)25-31(36)40-32(37)30(35)39-25)34(56)41-8-7-17(11-41)42(12-20(47)26(51)28(53)22(49)14-45)13-21(48)27(52)29(54)23(50)15-46/h5-6,9,17,20-23,26-29,45-54H,3-4,7-8,10-15H2,1-2H3,(H4-,36,37,38,40,55)/p+1/t17-,20?,21?,22?,23?,26?,27?,28?,29?/m1/s1. The van der Waals surface area contributed by atoms with Crippen molar-refractivity contribution in [3.63, 3.8) is 0 Å². The first-order valence-corrected chi connectivity index (χ1v) is 18.5. The number of likely N-dealkylation sites (tertiary alicyclic amines) is 1. The molecule has 0 spiro atoms.